The summed E-state index contributed by atoms with van der Waals surface area (Å²) in [6, 6.07) is 15.5. The molecule has 0 spiro atoms. The molecule has 0 aliphatic carbocycles. The average molecular weight is 389 g/mol. The first-order valence-corrected chi connectivity index (χ1v) is 9.59. The summed E-state index contributed by atoms with van der Waals surface area (Å²) in [6.45, 7) is 4.91. The highest BCUT2D eigenvalue weighted by molar-refractivity contribution is 5.94. The van der Waals surface area contributed by atoms with E-state index in [1.807, 2.05) is 48.5 Å². The molecule has 0 amide bonds. The van der Waals surface area contributed by atoms with Gasteiger partial charge in [-0.25, -0.2) is 4.98 Å². The standard InChI is InChI=1S/C22H23N5O2/c1-16(28)17-3-7-19(8-4-17)26-11-13-27(14-12-26)22-24-21(15-23-25-22)18-5-9-20(29-2)10-6-18/h3-10,15H,11-14H2,1-2H3. The smallest absolute Gasteiger partial charge is 0.246 e. The number of ketones is 1. The Morgan fingerprint density at radius 1 is 0.931 bits per heavy atom. The predicted octanol–water partition coefficient (Wildman–Crippen LogP) is 3.08. The van der Waals surface area contributed by atoms with Crippen LogP contribution in [0.2, 0.25) is 0 Å². The second-order valence-corrected chi connectivity index (χ2v) is 6.95. The number of rotatable bonds is 5. The van der Waals surface area contributed by atoms with Crippen LogP contribution in [-0.2, 0) is 0 Å². The summed E-state index contributed by atoms with van der Waals surface area (Å²) < 4.78 is 5.21. The molecule has 1 aliphatic heterocycles. The van der Waals surface area contributed by atoms with Crippen LogP contribution in [0.3, 0.4) is 0 Å². The van der Waals surface area contributed by atoms with Crippen LogP contribution >= 0.6 is 0 Å². The summed E-state index contributed by atoms with van der Waals surface area (Å²) in [6.07, 6.45) is 1.68. The van der Waals surface area contributed by atoms with Crippen molar-refractivity contribution in [3.63, 3.8) is 0 Å². The molecule has 0 unspecified atom stereocenters. The number of Topliss-reactive ketones (excluding diaryl/α,β-unsaturated/α-hetero) is 1. The second-order valence-electron chi connectivity index (χ2n) is 6.95. The topological polar surface area (TPSA) is 71.5 Å². The molecule has 7 nitrogen and oxygen atoms in total. The van der Waals surface area contributed by atoms with E-state index < -0.39 is 0 Å². The largest absolute Gasteiger partial charge is 0.497 e. The Morgan fingerprint density at radius 2 is 1.59 bits per heavy atom. The lowest BCUT2D eigenvalue weighted by atomic mass is 10.1. The molecule has 29 heavy (non-hydrogen) atoms. The number of piperazine rings is 1. The van der Waals surface area contributed by atoms with E-state index in [1.54, 1.807) is 20.2 Å². The minimum Gasteiger partial charge on any atom is -0.497 e. The molecular weight excluding hydrogens is 366 g/mol. The van der Waals surface area contributed by atoms with E-state index in [0.717, 1.165) is 54.4 Å². The van der Waals surface area contributed by atoms with Gasteiger partial charge in [-0.05, 0) is 55.5 Å². The number of nitrogens with zero attached hydrogens (tertiary/aromatic N) is 5. The zero-order valence-corrected chi connectivity index (χ0v) is 16.6. The third-order valence-corrected chi connectivity index (χ3v) is 5.13. The Labute approximate surface area is 170 Å². The molecule has 0 radical (unpaired) electrons. The molecule has 0 bridgehead atoms. The van der Waals surface area contributed by atoms with E-state index in [-0.39, 0.29) is 5.78 Å². The summed E-state index contributed by atoms with van der Waals surface area (Å²) >= 11 is 0. The molecule has 1 aromatic heterocycles. The van der Waals surface area contributed by atoms with Crippen molar-refractivity contribution in [2.75, 3.05) is 43.1 Å². The maximum atomic E-state index is 11.4. The monoisotopic (exact) mass is 389 g/mol. The number of anilines is 2. The molecule has 2 heterocycles. The Kier molecular flexibility index (Phi) is 5.37. The number of methoxy groups -OCH3 is 1. The maximum Gasteiger partial charge on any atom is 0.246 e. The van der Waals surface area contributed by atoms with Gasteiger partial charge in [-0.1, -0.05) is 0 Å². The predicted molar refractivity (Wildman–Crippen MR) is 113 cm³/mol. The summed E-state index contributed by atoms with van der Waals surface area (Å²) in [5, 5.41) is 8.39. The van der Waals surface area contributed by atoms with Gasteiger partial charge in [0.2, 0.25) is 5.95 Å². The molecule has 148 valence electrons. The molecular formula is C22H23N5O2. The van der Waals surface area contributed by atoms with Gasteiger partial charge in [0.1, 0.15) is 5.75 Å². The van der Waals surface area contributed by atoms with Crippen LogP contribution in [0.1, 0.15) is 17.3 Å². The Morgan fingerprint density at radius 3 is 2.21 bits per heavy atom. The van der Waals surface area contributed by atoms with E-state index in [2.05, 4.69) is 20.0 Å². The number of ether oxygens (including phenoxy) is 1. The summed E-state index contributed by atoms with van der Waals surface area (Å²) in [7, 11) is 1.65. The Balaban J connectivity index is 1.43. The van der Waals surface area contributed by atoms with Crippen molar-refractivity contribution < 1.29 is 9.53 Å². The highest BCUT2D eigenvalue weighted by atomic mass is 16.5. The van der Waals surface area contributed by atoms with Crippen LogP contribution in [0.5, 0.6) is 5.75 Å². The summed E-state index contributed by atoms with van der Waals surface area (Å²) in [5.41, 5.74) is 3.63. The Bertz CT molecular complexity index is 981. The Hall–Kier alpha value is -3.48. The maximum absolute atomic E-state index is 11.4. The molecule has 2 aromatic carbocycles. The number of hydrogen-bond acceptors (Lipinski definition) is 7. The van der Waals surface area contributed by atoms with Gasteiger partial charge in [-0.3, -0.25) is 4.79 Å². The fourth-order valence-electron chi connectivity index (χ4n) is 3.40. The number of aromatic nitrogens is 3. The first-order valence-electron chi connectivity index (χ1n) is 9.59. The molecule has 1 fully saturated rings. The first kappa shape index (κ1) is 18.9. The van der Waals surface area contributed by atoms with Gasteiger partial charge in [0, 0.05) is 43.0 Å². The van der Waals surface area contributed by atoms with Crippen LogP contribution < -0.4 is 14.5 Å². The quantitative estimate of drug-likeness (QED) is 0.621. The van der Waals surface area contributed by atoms with Crippen molar-refractivity contribution in [2.24, 2.45) is 0 Å². The minimum absolute atomic E-state index is 0.0859. The van der Waals surface area contributed by atoms with Crippen molar-refractivity contribution in [2.45, 2.75) is 6.92 Å². The first-order chi connectivity index (χ1) is 14.1. The molecule has 1 aliphatic rings. The molecule has 0 N–H and O–H groups in total. The lowest BCUT2D eigenvalue weighted by Crippen LogP contribution is -2.47. The van der Waals surface area contributed by atoms with Crippen LogP contribution in [0.4, 0.5) is 11.6 Å². The van der Waals surface area contributed by atoms with E-state index >= 15 is 0 Å². The SMILES string of the molecule is COc1ccc(-c2cnnc(N3CCN(c4ccc(C(C)=O)cc4)CC3)n2)cc1. The molecule has 1 saturated heterocycles. The fourth-order valence-corrected chi connectivity index (χ4v) is 3.40. The summed E-state index contributed by atoms with van der Waals surface area (Å²) in [4.78, 5) is 20.6. The molecule has 0 saturated carbocycles. The lowest BCUT2D eigenvalue weighted by molar-refractivity contribution is 0.101. The normalized spacial score (nSPS) is 14.0. The highest BCUT2D eigenvalue weighted by Crippen LogP contribution is 2.23. The van der Waals surface area contributed by atoms with Gasteiger partial charge < -0.3 is 14.5 Å². The number of carbonyl (C=O) groups is 1. The third kappa shape index (κ3) is 4.18. The van der Waals surface area contributed by atoms with Crippen LogP contribution in [0.25, 0.3) is 11.3 Å². The zero-order chi connectivity index (χ0) is 20.2. The van der Waals surface area contributed by atoms with Crippen molar-refractivity contribution in [3.05, 3.63) is 60.3 Å². The van der Waals surface area contributed by atoms with Crippen LogP contribution in [0.15, 0.2) is 54.7 Å². The van der Waals surface area contributed by atoms with Crippen LogP contribution in [-0.4, -0.2) is 54.3 Å². The third-order valence-electron chi connectivity index (χ3n) is 5.13. The summed E-state index contributed by atoms with van der Waals surface area (Å²) in [5.74, 6) is 1.54. The van der Waals surface area contributed by atoms with E-state index in [4.69, 9.17) is 9.72 Å². The van der Waals surface area contributed by atoms with Crippen molar-refractivity contribution in [1.29, 1.82) is 0 Å². The lowest BCUT2D eigenvalue weighted by Gasteiger charge is -2.36. The van der Waals surface area contributed by atoms with Crippen LogP contribution in [0, 0.1) is 0 Å². The fraction of sp³-hybridized carbons (Fsp3) is 0.273. The van der Waals surface area contributed by atoms with Crippen molar-refractivity contribution in [1.82, 2.24) is 15.2 Å². The van der Waals surface area contributed by atoms with Crippen molar-refractivity contribution in [3.8, 4) is 17.0 Å². The highest BCUT2D eigenvalue weighted by Gasteiger charge is 2.20. The number of carbonyl (C=O) groups excluding carboxylic acids is 1. The molecule has 3 aromatic rings. The van der Waals surface area contributed by atoms with E-state index in [1.165, 1.54) is 0 Å². The van der Waals surface area contributed by atoms with Crippen molar-refractivity contribution >= 4 is 17.4 Å². The van der Waals surface area contributed by atoms with E-state index in [9.17, 15) is 4.79 Å². The number of benzene rings is 2. The number of hydrogen-bond donors (Lipinski definition) is 0. The van der Waals surface area contributed by atoms with Gasteiger partial charge in [0.25, 0.3) is 0 Å². The van der Waals surface area contributed by atoms with Gasteiger partial charge in [0.15, 0.2) is 5.78 Å². The second kappa shape index (κ2) is 8.26. The molecule has 4 rings (SSSR count). The van der Waals surface area contributed by atoms with E-state index in [0.29, 0.717) is 5.95 Å². The van der Waals surface area contributed by atoms with Gasteiger partial charge in [0.05, 0.1) is 19.0 Å². The molecule has 0 atom stereocenters. The van der Waals surface area contributed by atoms with Gasteiger partial charge in [-0.2, -0.15) is 5.10 Å². The molecule has 7 heteroatoms. The van der Waals surface area contributed by atoms with Gasteiger partial charge in [-0.15, -0.1) is 5.10 Å². The average Bonchev–Trinajstić information content (AvgIpc) is 2.79. The zero-order valence-electron chi connectivity index (χ0n) is 16.6. The van der Waals surface area contributed by atoms with Gasteiger partial charge >= 0.3 is 0 Å². The minimum atomic E-state index is 0.0859.